The van der Waals surface area contributed by atoms with Crippen molar-refractivity contribution in [1.29, 1.82) is 5.41 Å². The maximum absolute atomic E-state index is 13.4. The molecule has 2 heterocycles. The van der Waals surface area contributed by atoms with Crippen LogP contribution in [0.1, 0.15) is 18.4 Å². The van der Waals surface area contributed by atoms with Crippen LogP contribution in [0.15, 0.2) is 53.4 Å². The number of aliphatic hydroxyl groups excluding tert-OH is 1. The minimum Gasteiger partial charge on any atom is -0.497 e. The molecule has 2 aromatic carbocycles. The average molecular weight is 516 g/mol. The first-order chi connectivity index (χ1) is 17.2. The fourth-order valence-corrected chi connectivity index (χ4v) is 6.34. The predicted octanol–water partition coefficient (Wildman–Crippen LogP) is 1.93. The van der Waals surface area contributed by atoms with Crippen LogP contribution in [-0.2, 0) is 10.0 Å². The first kappa shape index (κ1) is 25.9. The van der Waals surface area contributed by atoms with Crippen molar-refractivity contribution in [3.05, 3.63) is 54.1 Å². The van der Waals surface area contributed by atoms with Gasteiger partial charge in [0.05, 0.1) is 12.0 Å². The number of anilines is 1. The number of ether oxygens (including phenoxy) is 1. The second-order valence-corrected chi connectivity index (χ2v) is 11.3. The molecule has 0 bridgehead atoms. The van der Waals surface area contributed by atoms with Crippen LogP contribution < -0.4 is 15.4 Å². The molecular formula is C25H33N5O5S. The van der Waals surface area contributed by atoms with Gasteiger partial charge in [0.2, 0.25) is 10.0 Å². The van der Waals surface area contributed by atoms with Gasteiger partial charge in [-0.05, 0) is 43.0 Å². The molecule has 0 spiro atoms. The van der Waals surface area contributed by atoms with Crippen LogP contribution >= 0.6 is 0 Å². The van der Waals surface area contributed by atoms with Gasteiger partial charge in [0, 0.05) is 62.6 Å². The maximum atomic E-state index is 13.4. The lowest BCUT2D eigenvalue weighted by molar-refractivity contribution is 0.128. The number of carbonyl (C=O) groups excluding carboxylic acids is 1. The van der Waals surface area contributed by atoms with E-state index in [9.17, 15) is 18.3 Å². The van der Waals surface area contributed by atoms with Gasteiger partial charge in [-0.2, -0.15) is 4.31 Å². The largest absolute Gasteiger partial charge is 0.497 e. The first-order valence-corrected chi connectivity index (χ1v) is 13.4. The van der Waals surface area contributed by atoms with Gasteiger partial charge < -0.3 is 20.5 Å². The van der Waals surface area contributed by atoms with Crippen molar-refractivity contribution in [2.45, 2.75) is 17.7 Å². The summed E-state index contributed by atoms with van der Waals surface area (Å²) < 4.78 is 32.9. The van der Waals surface area contributed by atoms with Crippen molar-refractivity contribution in [3.63, 3.8) is 0 Å². The van der Waals surface area contributed by atoms with Gasteiger partial charge in [-0.15, -0.1) is 0 Å². The third-order valence-corrected chi connectivity index (χ3v) is 8.77. The minimum atomic E-state index is -3.63. The Bertz CT molecular complexity index is 1210. The number of nitrogens with one attached hydrogen (secondary N) is 1. The Labute approximate surface area is 211 Å². The van der Waals surface area contributed by atoms with Gasteiger partial charge in [0.25, 0.3) is 0 Å². The number of nitrogen functional groups attached to an aromatic ring is 1. The molecule has 0 aliphatic carbocycles. The molecular weight excluding hydrogens is 482 g/mol. The van der Waals surface area contributed by atoms with E-state index >= 15 is 0 Å². The second-order valence-electron chi connectivity index (χ2n) is 9.34. The molecule has 10 nitrogen and oxygen atoms in total. The van der Waals surface area contributed by atoms with Crippen molar-refractivity contribution in [3.8, 4) is 5.75 Å². The van der Waals surface area contributed by atoms with Crippen LogP contribution in [0, 0.1) is 17.2 Å². The molecule has 2 fully saturated rings. The minimum absolute atomic E-state index is 0.0517. The van der Waals surface area contributed by atoms with Crippen molar-refractivity contribution in [2.75, 3.05) is 51.3 Å². The monoisotopic (exact) mass is 515 g/mol. The number of rotatable bonds is 8. The number of amides is 2. The van der Waals surface area contributed by atoms with E-state index in [-0.39, 0.29) is 35.2 Å². The Morgan fingerprint density at radius 2 is 1.83 bits per heavy atom. The molecule has 2 aliphatic rings. The lowest BCUT2D eigenvalue weighted by Crippen LogP contribution is -2.56. The number of aliphatic hydroxyl groups is 1. The summed E-state index contributed by atoms with van der Waals surface area (Å²) in [5, 5.41) is 17.6. The predicted molar refractivity (Wildman–Crippen MR) is 137 cm³/mol. The Morgan fingerprint density at radius 3 is 2.50 bits per heavy atom. The number of amidine groups is 1. The van der Waals surface area contributed by atoms with Gasteiger partial charge in [-0.1, -0.05) is 18.2 Å². The number of hydrogen-bond donors (Lipinski definition) is 3. The highest BCUT2D eigenvalue weighted by atomic mass is 32.2. The molecule has 11 heteroatoms. The fourth-order valence-electron chi connectivity index (χ4n) is 4.83. The zero-order valence-corrected chi connectivity index (χ0v) is 21.2. The molecule has 2 aliphatic heterocycles. The summed E-state index contributed by atoms with van der Waals surface area (Å²) >= 11 is 0. The Balaban J connectivity index is 1.42. The average Bonchev–Trinajstić information content (AvgIpc) is 2.90. The molecule has 0 aromatic heterocycles. The number of methoxy groups -OCH3 is 1. The van der Waals surface area contributed by atoms with E-state index in [2.05, 4.69) is 0 Å². The van der Waals surface area contributed by atoms with Crippen molar-refractivity contribution in [1.82, 2.24) is 9.21 Å². The molecule has 194 valence electrons. The molecule has 0 saturated carbocycles. The van der Waals surface area contributed by atoms with Crippen LogP contribution in [0.25, 0.3) is 0 Å². The number of hydrogen-bond acceptors (Lipinski definition) is 6. The van der Waals surface area contributed by atoms with Gasteiger partial charge in [-0.3, -0.25) is 10.3 Å². The molecule has 1 atom stereocenters. The van der Waals surface area contributed by atoms with Crippen LogP contribution in [0.5, 0.6) is 5.75 Å². The van der Waals surface area contributed by atoms with Crippen molar-refractivity contribution >= 4 is 27.6 Å². The number of carbonyl (C=O) groups is 1. The van der Waals surface area contributed by atoms with E-state index < -0.39 is 10.0 Å². The number of nitrogens with zero attached hydrogens (tertiary/aromatic N) is 3. The van der Waals surface area contributed by atoms with Gasteiger partial charge in [0.15, 0.2) is 0 Å². The Morgan fingerprint density at radius 1 is 1.11 bits per heavy atom. The lowest BCUT2D eigenvalue weighted by Gasteiger charge is -2.42. The van der Waals surface area contributed by atoms with Crippen LogP contribution in [0.4, 0.5) is 10.5 Å². The summed E-state index contributed by atoms with van der Waals surface area (Å²) in [5.74, 6) is 0.449. The summed E-state index contributed by atoms with van der Waals surface area (Å²) in [6.45, 7) is 2.01. The first-order valence-electron chi connectivity index (χ1n) is 12.0. The van der Waals surface area contributed by atoms with Gasteiger partial charge in [-0.25, -0.2) is 13.2 Å². The zero-order valence-electron chi connectivity index (χ0n) is 20.3. The summed E-state index contributed by atoms with van der Waals surface area (Å²) in [6, 6.07) is 13.3. The number of urea groups is 1. The Hall–Kier alpha value is -3.15. The quantitative estimate of drug-likeness (QED) is 0.363. The third kappa shape index (κ3) is 5.48. The molecule has 4 rings (SSSR count). The highest BCUT2D eigenvalue weighted by Crippen LogP contribution is 2.29. The maximum Gasteiger partial charge on any atom is 0.324 e. The molecule has 1 unspecified atom stereocenters. The van der Waals surface area contributed by atoms with E-state index in [0.717, 1.165) is 0 Å². The van der Waals surface area contributed by atoms with E-state index in [1.54, 1.807) is 52.3 Å². The summed E-state index contributed by atoms with van der Waals surface area (Å²) in [4.78, 5) is 17.0. The zero-order chi connectivity index (χ0) is 25.9. The lowest BCUT2D eigenvalue weighted by atomic mass is 9.96. The van der Waals surface area contributed by atoms with Crippen molar-refractivity contribution in [2.24, 2.45) is 17.6 Å². The van der Waals surface area contributed by atoms with E-state index in [1.807, 2.05) is 0 Å². The topological polar surface area (TPSA) is 140 Å². The van der Waals surface area contributed by atoms with Crippen LogP contribution in [0.3, 0.4) is 0 Å². The molecule has 4 N–H and O–H groups in total. The molecule has 2 saturated heterocycles. The number of benzene rings is 2. The molecule has 2 aromatic rings. The van der Waals surface area contributed by atoms with Crippen LogP contribution in [-0.4, -0.2) is 81.0 Å². The fraction of sp³-hybridized carbons (Fsp3) is 0.440. The molecule has 2 amide bonds. The standard InChI is InChI=1S/C25H33N5O5S/c1-35-22-6-3-7-23(13-22)36(33,34)29-10-8-18(9-11-29)14-28-15-19(17-31)16-30(25(28)32)21-5-2-4-20(12-21)24(26)27/h2-7,12-13,18-19,31H,8-11,14-17H2,1H3,(H3,26,27). The summed E-state index contributed by atoms with van der Waals surface area (Å²) in [7, 11) is -2.13. The number of sulfonamides is 1. The van der Waals surface area contributed by atoms with Gasteiger partial charge in [0.1, 0.15) is 11.6 Å². The normalized spacial score (nSPS) is 19.9. The highest BCUT2D eigenvalue weighted by molar-refractivity contribution is 7.89. The number of piperidine rings is 1. The summed E-state index contributed by atoms with van der Waals surface area (Å²) in [5.41, 5.74) is 6.79. The van der Waals surface area contributed by atoms with Crippen LogP contribution in [0.2, 0.25) is 0 Å². The van der Waals surface area contributed by atoms with E-state index in [4.69, 9.17) is 15.9 Å². The number of nitrogens with two attached hydrogens (primary N) is 1. The second kappa shape index (κ2) is 10.9. The van der Waals surface area contributed by atoms with Crippen molar-refractivity contribution < 1.29 is 23.1 Å². The van der Waals surface area contributed by atoms with E-state index in [0.29, 0.717) is 62.6 Å². The van der Waals surface area contributed by atoms with Gasteiger partial charge >= 0.3 is 6.03 Å². The molecule has 36 heavy (non-hydrogen) atoms. The SMILES string of the molecule is COc1cccc(S(=O)(=O)N2CCC(CN3CC(CO)CN(c4cccc(C(=N)N)c4)C3=O)CC2)c1. The highest BCUT2D eigenvalue weighted by Gasteiger charge is 2.36. The summed E-state index contributed by atoms with van der Waals surface area (Å²) in [6.07, 6.45) is 1.27. The Kier molecular flexibility index (Phi) is 7.82. The smallest absolute Gasteiger partial charge is 0.324 e. The third-order valence-electron chi connectivity index (χ3n) is 6.88. The van der Waals surface area contributed by atoms with E-state index in [1.165, 1.54) is 17.5 Å². The molecule has 0 radical (unpaired) electrons.